The van der Waals surface area contributed by atoms with Crippen LogP contribution >= 0.6 is 0 Å². The third-order valence-corrected chi connectivity index (χ3v) is 3.96. The fraction of sp³-hybridized carbons (Fsp3) is 0.263. The van der Waals surface area contributed by atoms with Crippen molar-refractivity contribution in [3.8, 4) is 22.8 Å². The second-order valence-corrected chi connectivity index (χ2v) is 6.00. The molecule has 0 spiro atoms. The molecule has 27 heavy (non-hydrogen) atoms. The molecule has 3 aromatic rings. The minimum absolute atomic E-state index is 0.281. The molecule has 3 rings (SSSR count). The van der Waals surface area contributed by atoms with Crippen molar-refractivity contribution in [1.82, 2.24) is 14.8 Å². The molecular weight excluding hydrogens is 357 g/mol. The van der Waals surface area contributed by atoms with Gasteiger partial charge in [0.15, 0.2) is 5.82 Å². The van der Waals surface area contributed by atoms with Crippen molar-refractivity contribution >= 4 is 0 Å². The number of hydrogen-bond acceptors (Lipinski definition) is 4. The van der Waals surface area contributed by atoms with Crippen LogP contribution in [0.4, 0.5) is 13.2 Å². The summed E-state index contributed by atoms with van der Waals surface area (Å²) in [4.78, 5) is 4.27. The molecule has 0 atom stereocenters. The number of alkyl halides is 3. The lowest BCUT2D eigenvalue weighted by molar-refractivity contribution is -0.274. The molecule has 0 bridgehead atoms. The van der Waals surface area contributed by atoms with Crippen LogP contribution in [-0.4, -0.2) is 27.7 Å². The molecule has 0 aliphatic rings. The molecule has 0 aliphatic heterocycles. The zero-order valence-corrected chi connectivity index (χ0v) is 14.5. The van der Waals surface area contributed by atoms with E-state index in [-0.39, 0.29) is 5.75 Å². The molecule has 0 unspecified atom stereocenters. The Hall–Kier alpha value is -2.87. The van der Waals surface area contributed by atoms with E-state index in [2.05, 4.69) is 14.8 Å². The number of ether oxygens (including phenoxy) is 1. The molecule has 1 heterocycles. The number of aromatic nitrogens is 3. The molecule has 2 aromatic carbocycles. The van der Waals surface area contributed by atoms with Gasteiger partial charge in [-0.25, -0.2) is 9.67 Å². The first-order chi connectivity index (χ1) is 12.9. The second kappa shape index (κ2) is 8.22. The van der Waals surface area contributed by atoms with Crippen LogP contribution in [0.1, 0.15) is 18.4 Å². The largest absolute Gasteiger partial charge is 0.573 e. The van der Waals surface area contributed by atoms with E-state index in [4.69, 9.17) is 5.73 Å². The van der Waals surface area contributed by atoms with Crippen LogP contribution in [-0.2, 0) is 6.42 Å². The first kappa shape index (κ1) is 18.9. The van der Waals surface area contributed by atoms with Crippen molar-refractivity contribution in [2.24, 2.45) is 5.73 Å². The first-order valence-electron chi connectivity index (χ1n) is 8.52. The van der Waals surface area contributed by atoms with Crippen LogP contribution in [0.25, 0.3) is 17.1 Å². The number of benzene rings is 2. The fourth-order valence-electron chi connectivity index (χ4n) is 2.61. The van der Waals surface area contributed by atoms with Gasteiger partial charge in [0.05, 0.1) is 5.69 Å². The lowest BCUT2D eigenvalue weighted by Crippen LogP contribution is -2.17. The summed E-state index contributed by atoms with van der Waals surface area (Å²) in [5, 5.41) is 4.39. The van der Waals surface area contributed by atoms with Crippen LogP contribution in [0.2, 0.25) is 0 Å². The number of aryl methyl sites for hydroxylation is 1. The fourth-order valence-corrected chi connectivity index (χ4v) is 2.61. The molecule has 2 N–H and O–H groups in total. The number of halogens is 3. The molecule has 142 valence electrons. The quantitative estimate of drug-likeness (QED) is 0.630. The van der Waals surface area contributed by atoms with Crippen LogP contribution < -0.4 is 10.5 Å². The summed E-state index contributed by atoms with van der Waals surface area (Å²) >= 11 is 0. The van der Waals surface area contributed by atoms with Gasteiger partial charge in [0.1, 0.15) is 12.1 Å². The molecule has 0 aliphatic carbocycles. The summed E-state index contributed by atoms with van der Waals surface area (Å²) < 4.78 is 42.0. The molecule has 5 nitrogen and oxygen atoms in total. The Morgan fingerprint density at radius 2 is 1.67 bits per heavy atom. The highest BCUT2D eigenvalue weighted by Crippen LogP contribution is 2.24. The standard InChI is InChI=1S/C19H19F3N4O/c20-19(21,22)27-17-10-8-16(9-11-17)26-13-24-18(25-26)15-6-4-14(5-7-15)3-1-2-12-23/h4-11,13H,1-3,12,23H2. The number of rotatable bonds is 7. The summed E-state index contributed by atoms with van der Waals surface area (Å²) in [7, 11) is 0. The topological polar surface area (TPSA) is 66.0 Å². The van der Waals surface area contributed by atoms with E-state index in [0.29, 0.717) is 18.1 Å². The minimum atomic E-state index is -4.71. The van der Waals surface area contributed by atoms with Gasteiger partial charge in [0, 0.05) is 5.56 Å². The number of nitrogens with zero attached hydrogens (tertiary/aromatic N) is 3. The first-order valence-corrected chi connectivity index (χ1v) is 8.52. The van der Waals surface area contributed by atoms with Crippen molar-refractivity contribution in [3.05, 3.63) is 60.4 Å². The van der Waals surface area contributed by atoms with Gasteiger partial charge in [-0.2, -0.15) is 0 Å². The van der Waals surface area contributed by atoms with Crippen molar-refractivity contribution in [2.75, 3.05) is 6.54 Å². The van der Waals surface area contributed by atoms with Crippen molar-refractivity contribution in [3.63, 3.8) is 0 Å². The van der Waals surface area contributed by atoms with Crippen LogP contribution in [0.3, 0.4) is 0 Å². The van der Waals surface area contributed by atoms with E-state index in [1.165, 1.54) is 40.8 Å². The predicted molar refractivity (Wildman–Crippen MR) is 95.5 cm³/mol. The Morgan fingerprint density at radius 3 is 2.30 bits per heavy atom. The zero-order valence-electron chi connectivity index (χ0n) is 14.5. The molecular formula is C19H19F3N4O. The normalized spacial score (nSPS) is 11.6. The molecule has 0 fully saturated rings. The number of unbranched alkanes of at least 4 members (excludes halogenated alkanes) is 1. The Bertz CT molecular complexity index is 858. The highest BCUT2D eigenvalue weighted by Gasteiger charge is 2.30. The van der Waals surface area contributed by atoms with E-state index in [1.54, 1.807) is 0 Å². The molecule has 0 amide bonds. The van der Waals surface area contributed by atoms with Gasteiger partial charge in [0.2, 0.25) is 0 Å². The van der Waals surface area contributed by atoms with E-state index < -0.39 is 6.36 Å². The van der Waals surface area contributed by atoms with Crippen LogP contribution in [0, 0.1) is 0 Å². The Labute approximate surface area is 154 Å². The lowest BCUT2D eigenvalue weighted by Gasteiger charge is -2.09. The van der Waals surface area contributed by atoms with Gasteiger partial charge >= 0.3 is 6.36 Å². The van der Waals surface area contributed by atoms with Gasteiger partial charge in [-0.3, -0.25) is 0 Å². The number of nitrogens with two attached hydrogens (primary N) is 1. The summed E-state index contributed by atoms with van der Waals surface area (Å²) in [5.41, 5.74) is 8.18. The van der Waals surface area contributed by atoms with Gasteiger partial charge in [-0.15, -0.1) is 18.3 Å². The maximum atomic E-state index is 12.2. The lowest BCUT2D eigenvalue weighted by atomic mass is 10.1. The summed E-state index contributed by atoms with van der Waals surface area (Å²) in [5.74, 6) is 0.260. The van der Waals surface area contributed by atoms with E-state index >= 15 is 0 Å². The highest BCUT2D eigenvalue weighted by atomic mass is 19.4. The maximum Gasteiger partial charge on any atom is 0.573 e. The monoisotopic (exact) mass is 376 g/mol. The highest BCUT2D eigenvalue weighted by molar-refractivity contribution is 5.55. The van der Waals surface area contributed by atoms with E-state index in [9.17, 15) is 13.2 Å². The Kier molecular flexibility index (Phi) is 5.75. The van der Waals surface area contributed by atoms with E-state index in [1.807, 2.05) is 24.3 Å². The molecule has 8 heteroatoms. The minimum Gasteiger partial charge on any atom is -0.406 e. The second-order valence-electron chi connectivity index (χ2n) is 6.00. The summed E-state index contributed by atoms with van der Waals surface area (Å²) in [6.45, 7) is 0.697. The summed E-state index contributed by atoms with van der Waals surface area (Å²) in [6, 6.07) is 13.4. The average Bonchev–Trinajstić information content (AvgIpc) is 3.12. The van der Waals surface area contributed by atoms with Gasteiger partial charge in [-0.1, -0.05) is 24.3 Å². The molecule has 0 radical (unpaired) electrons. The smallest absolute Gasteiger partial charge is 0.406 e. The van der Waals surface area contributed by atoms with Gasteiger partial charge in [0.25, 0.3) is 0 Å². The molecule has 0 saturated heterocycles. The summed E-state index contributed by atoms with van der Waals surface area (Å²) in [6.07, 6.45) is -0.161. The third-order valence-electron chi connectivity index (χ3n) is 3.96. The SMILES string of the molecule is NCCCCc1ccc(-c2ncn(-c3ccc(OC(F)(F)F)cc3)n2)cc1. The van der Waals surface area contributed by atoms with E-state index in [0.717, 1.165) is 24.8 Å². The third kappa shape index (κ3) is 5.30. The van der Waals surface area contributed by atoms with Crippen LogP contribution in [0.5, 0.6) is 5.75 Å². The van der Waals surface area contributed by atoms with Crippen LogP contribution in [0.15, 0.2) is 54.9 Å². The Balaban J connectivity index is 1.69. The molecule has 0 saturated carbocycles. The van der Waals surface area contributed by atoms with Gasteiger partial charge in [-0.05, 0) is 55.6 Å². The zero-order chi connectivity index (χ0) is 19.3. The number of hydrogen-bond donors (Lipinski definition) is 1. The molecule has 1 aromatic heterocycles. The van der Waals surface area contributed by atoms with Gasteiger partial charge < -0.3 is 10.5 Å². The van der Waals surface area contributed by atoms with Crippen molar-refractivity contribution in [1.29, 1.82) is 0 Å². The van der Waals surface area contributed by atoms with Crippen molar-refractivity contribution < 1.29 is 17.9 Å². The van der Waals surface area contributed by atoms with Crippen molar-refractivity contribution in [2.45, 2.75) is 25.6 Å². The predicted octanol–water partition coefficient (Wildman–Crippen LogP) is 4.11. The average molecular weight is 376 g/mol. The maximum absolute atomic E-state index is 12.2. The Morgan fingerprint density at radius 1 is 0.963 bits per heavy atom.